The van der Waals surface area contributed by atoms with Gasteiger partial charge < -0.3 is 14.8 Å². The Kier molecular flexibility index (Phi) is 5.73. The summed E-state index contributed by atoms with van der Waals surface area (Å²) in [6.45, 7) is 2.51. The Morgan fingerprint density at radius 3 is 2.62 bits per heavy atom. The SMILES string of the molecule is CCCOc1ccccc1NC(=O)c1ccc(OC)c([N+](=O)[O-])c1. The first-order valence-corrected chi connectivity index (χ1v) is 7.42. The lowest BCUT2D eigenvalue weighted by molar-refractivity contribution is -0.385. The monoisotopic (exact) mass is 330 g/mol. The van der Waals surface area contributed by atoms with E-state index in [9.17, 15) is 14.9 Å². The molecular weight excluding hydrogens is 312 g/mol. The molecule has 1 N–H and O–H groups in total. The van der Waals surface area contributed by atoms with Crippen LogP contribution in [0.5, 0.6) is 11.5 Å². The minimum absolute atomic E-state index is 0.100. The van der Waals surface area contributed by atoms with Crippen LogP contribution in [0.25, 0.3) is 0 Å². The quantitative estimate of drug-likeness (QED) is 0.618. The standard InChI is InChI=1S/C17H18N2O5/c1-3-10-24-15-7-5-4-6-13(15)18-17(20)12-8-9-16(23-2)14(11-12)19(21)22/h4-9,11H,3,10H2,1-2H3,(H,18,20). The zero-order valence-corrected chi connectivity index (χ0v) is 13.4. The minimum atomic E-state index is -0.589. The van der Waals surface area contributed by atoms with Crippen LogP contribution in [0.1, 0.15) is 23.7 Å². The van der Waals surface area contributed by atoms with Gasteiger partial charge in [0.1, 0.15) is 5.75 Å². The maximum atomic E-state index is 12.4. The van der Waals surface area contributed by atoms with Crippen molar-refractivity contribution in [1.82, 2.24) is 0 Å². The summed E-state index contributed by atoms with van der Waals surface area (Å²) in [5.41, 5.74) is 0.405. The Hall–Kier alpha value is -3.09. The van der Waals surface area contributed by atoms with Crippen LogP contribution in [0.15, 0.2) is 42.5 Å². The number of nitro groups is 1. The first-order chi connectivity index (χ1) is 11.6. The molecule has 0 saturated heterocycles. The zero-order valence-electron chi connectivity index (χ0n) is 13.4. The summed E-state index contributed by atoms with van der Waals surface area (Å²) in [4.78, 5) is 22.9. The van der Waals surface area contributed by atoms with Gasteiger partial charge in [0.25, 0.3) is 5.91 Å². The van der Waals surface area contributed by atoms with Crippen molar-refractivity contribution in [3.63, 3.8) is 0 Å². The number of nitrogens with one attached hydrogen (secondary N) is 1. The van der Waals surface area contributed by atoms with Gasteiger partial charge in [-0.25, -0.2) is 0 Å². The van der Waals surface area contributed by atoms with E-state index in [-0.39, 0.29) is 17.0 Å². The van der Waals surface area contributed by atoms with Gasteiger partial charge in [-0.2, -0.15) is 0 Å². The number of nitro benzene ring substituents is 1. The molecule has 0 aliphatic rings. The fourth-order valence-electron chi connectivity index (χ4n) is 2.08. The second-order valence-electron chi connectivity index (χ2n) is 4.94. The molecule has 0 aromatic heterocycles. The normalized spacial score (nSPS) is 10.1. The van der Waals surface area contributed by atoms with Crippen molar-refractivity contribution < 1.29 is 19.2 Å². The summed E-state index contributed by atoms with van der Waals surface area (Å²) in [6, 6.07) is 11.1. The van der Waals surface area contributed by atoms with Gasteiger partial charge in [0, 0.05) is 11.6 Å². The van der Waals surface area contributed by atoms with Gasteiger partial charge >= 0.3 is 5.69 Å². The highest BCUT2D eigenvalue weighted by atomic mass is 16.6. The number of methoxy groups -OCH3 is 1. The molecule has 7 heteroatoms. The highest BCUT2D eigenvalue weighted by Crippen LogP contribution is 2.29. The number of anilines is 1. The van der Waals surface area contributed by atoms with Gasteiger partial charge in [-0.1, -0.05) is 19.1 Å². The van der Waals surface area contributed by atoms with Gasteiger partial charge in [-0.05, 0) is 30.7 Å². The summed E-state index contributed by atoms with van der Waals surface area (Å²) < 4.78 is 10.5. The van der Waals surface area contributed by atoms with Gasteiger partial charge in [0.2, 0.25) is 0 Å². The Morgan fingerprint density at radius 1 is 1.21 bits per heavy atom. The Labute approximate surface area is 139 Å². The van der Waals surface area contributed by atoms with Crippen molar-refractivity contribution in [2.45, 2.75) is 13.3 Å². The maximum absolute atomic E-state index is 12.4. The van der Waals surface area contributed by atoms with Crippen LogP contribution >= 0.6 is 0 Å². The van der Waals surface area contributed by atoms with E-state index in [1.807, 2.05) is 6.92 Å². The van der Waals surface area contributed by atoms with Crippen LogP contribution in [0.3, 0.4) is 0 Å². The van der Waals surface area contributed by atoms with Crippen molar-refractivity contribution in [2.24, 2.45) is 0 Å². The largest absolute Gasteiger partial charge is 0.491 e. The molecule has 0 fully saturated rings. The molecule has 0 saturated carbocycles. The van der Waals surface area contributed by atoms with Crippen molar-refractivity contribution in [3.05, 3.63) is 58.1 Å². The van der Waals surface area contributed by atoms with Crippen molar-refractivity contribution in [1.29, 1.82) is 0 Å². The van der Waals surface area contributed by atoms with E-state index < -0.39 is 10.8 Å². The topological polar surface area (TPSA) is 90.7 Å². The molecule has 24 heavy (non-hydrogen) atoms. The molecule has 2 aromatic rings. The van der Waals surface area contributed by atoms with Gasteiger partial charge in [0.05, 0.1) is 24.3 Å². The molecule has 0 radical (unpaired) electrons. The van der Waals surface area contributed by atoms with Crippen LogP contribution in [0.4, 0.5) is 11.4 Å². The zero-order chi connectivity index (χ0) is 17.5. The third-order valence-electron chi connectivity index (χ3n) is 3.23. The number of amides is 1. The van der Waals surface area contributed by atoms with Crippen LogP contribution in [0.2, 0.25) is 0 Å². The third-order valence-corrected chi connectivity index (χ3v) is 3.23. The average molecular weight is 330 g/mol. The number of hydrogen-bond acceptors (Lipinski definition) is 5. The number of carbonyl (C=O) groups excluding carboxylic acids is 1. The van der Waals surface area contributed by atoms with E-state index in [1.165, 1.54) is 25.3 Å². The molecule has 0 aliphatic carbocycles. The summed E-state index contributed by atoms with van der Waals surface area (Å²) in [5.74, 6) is 0.187. The van der Waals surface area contributed by atoms with Gasteiger partial charge in [0.15, 0.2) is 5.75 Å². The van der Waals surface area contributed by atoms with Crippen LogP contribution in [0, 0.1) is 10.1 Å². The molecule has 0 aliphatic heterocycles. The lowest BCUT2D eigenvalue weighted by atomic mass is 10.1. The molecule has 0 spiro atoms. The van der Waals surface area contributed by atoms with E-state index in [0.29, 0.717) is 18.0 Å². The molecule has 1 amide bonds. The predicted molar refractivity (Wildman–Crippen MR) is 89.8 cm³/mol. The number of para-hydroxylation sites is 2. The molecule has 0 bridgehead atoms. The molecule has 0 unspecified atom stereocenters. The molecule has 126 valence electrons. The fraction of sp³-hybridized carbons (Fsp3) is 0.235. The Balaban J connectivity index is 2.24. The number of ether oxygens (including phenoxy) is 2. The van der Waals surface area contributed by atoms with Crippen molar-refractivity contribution in [3.8, 4) is 11.5 Å². The number of benzene rings is 2. The Morgan fingerprint density at radius 2 is 1.96 bits per heavy atom. The molecule has 2 rings (SSSR count). The third kappa shape index (κ3) is 4.01. The number of hydrogen-bond donors (Lipinski definition) is 1. The first-order valence-electron chi connectivity index (χ1n) is 7.42. The summed E-state index contributed by atoms with van der Waals surface area (Å²) >= 11 is 0. The molecule has 7 nitrogen and oxygen atoms in total. The lowest BCUT2D eigenvalue weighted by Crippen LogP contribution is -2.13. The summed E-state index contributed by atoms with van der Waals surface area (Å²) in [7, 11) is 1.34. The molecule has 0 atom stereocenters. The van der Waals surface area contributed by atoms with Crippen LogP contribution in [-0.4, -0.2) is 24.5 Å². The number of nitrogens with zero attached hydrogens (tertiary/aromatic N) is 1. The van der Waals surface area contributed by atoms with Gasteiger partial charge in [-0.15, -0.1) is 0 Å². The predicted octanol–water partition coefficient (Wildman–Crippen LogP) is 3.64. The fourth-order valence-corrected chi connectivity index (χ4v) is 2.08. The Bertz CT molecular complexity index is 746. The lowest BCUT2D eigenvalue weighted by Gasteiger charge is -2.12. The van der Waals surface area contributed by atoms with E-state index in [0.717, 1.165) is 6.42 Å². The first kappa shape index (κ1) is 17.3. The van der Waals surface area contributed by atoms with Crippen molar-refractivity contribution in [2.75, 3.05) is 19.0 Å². The average Bonchev–Trinajstić information content (AvgIpc) is 2.60. The highest BCUT2D eigenvalue weighted by molar-refractivity contribution is 6.05. The maximum Gasteiger partial charge on any atom is 0.311 e. The molecular formula is C17H18N2O5. The summed E-state index contributed by atoms with van der Waals surface area (Å²) in [6.07, 6.45) is 0.840. The highest BCUT2D eigenvalue weighted by Gasteiger charge is 2.18. The number of carbonyl (C=O) groups is 1. The minimum Gasteiger partial charge on any atom is -0.491 e. The van der Waals surface area contributed by atoms with E-state index in [4.69, 9.17) is 9.47 Å². The van der Waals surface area contributed by atoms with Crippen LogP contribution in [-0.2, 0) is 0 Å². The van der Waals surface area contributed by atoms with E-state index in [2.05, 4.69) is 5.32 Å². The second kappa shape index (κ2) is 7.96. The van der Waals surface area contributed by atoms with E-state index >= 15 is 0 Å². The smallest absolute Gasteiger partial charge is 0.311 e. The van der Waals surface area contributed by atoms with Gasteiger partial charge in [-0.3, -0.25) is 14.9 Å². The molecule has 2 aromatic carbocycles. The number of rotatable bonds is 7. The van der Waals surface area contributed by atoms with Crippen molar-refractivity contribution >= 4 is 17.3 Å². The van der Waals surface area contributed by atoms with Crippen LogP contribution < -0.4 is 14.8 Å². The second-order valence-corrected chi connectivity index (χ2v) is 4.94. The van der Waals surface area contributed by atoms with E-state index in [1.54, 1.807) is 24.3 Å². The summed E-state index contributed by atoms with van der Waals surface area (Å²) in [5, 5.41) is 13.8. The molecule has 0 heterocycles.